The fraction of sp³-hybridized carbons (Fsp3) is 0.188. The Morgan fingerprint density at radius 3 is 2.62 bits per heavy atom. The van der Waals surface area contributed by atoms with Gasteiger partial charge in [-0.2, -0.15) is 0 Å². The number of methoxy groups -OCH3 is 1. The number of anilines is 1. The van der Waals surface area contributed by atoms with Crippen LogP contribution in [0.2, 0.25) is 0 Å². The molecule has 0 saturated carbocycles. The SMILES string of the molecule is COc1ccc(CN)c(OCC(=O)Nc2ccccc2)c1. The van der Waals surface area contributed by atoms with E-state index >= 15 is 0 Å². The van der Waals surface area contributed by atoms with Crippen LogP contribution in [0.3, 0.4) is 0 Å². The standard InChI is InChI=1S/C16H18N2O3/c1-20-14-8-7-12(10-17)15(9-14)21-11-16(19)18-13-5-3-2-4-6-13/h2-9H,10-11,17H2,1H3,(H,18,19). The van der Waals surface area contributed by atoms with Gasteiger partial charge in [-0.1, -0.05) is 24.3 Å². The van der Waals surface area contributed by atoms with Gasteiger partial charge in [0, 0.05) is 23.9 Å². The first kappa shape index (κ1) is 14.9. The highest BCUT2D eigenvalue weighted by molar-refractivity contribution is 5.91. The van der Waals surface area contributed by atoms with Gasteiger partial charge in [-0.3, -0.25) is 4.79 Å². The highest BCUT2D eigenvalue weighted by atomic mass is 16.5. The second-order valence-corrected chi connectivity index (χ2v) is 4.38. The van der Waals surface area contributed by atoms with Crippen LogP contribution in [0, 0.1) is 0 Å². The van der Waals surface area contributed by atoms with Crippen LogP contribution in [0.4, 0.5) is 5.69 Å². The summed E-state index contributed by atoms with van der Waals surface area (Å²) >= 11 is 0. The molecule has 2 rings (SSSR count). The molecule has 5 nitrogen and oxygen atoms in total. The van der Waals surface area contributed by atoms with E-state index in [4.69, 9.17) is 15.2 Å². The van der Waals surface area contributed by atoms with Crippen LogP contribution >= 0.6 is 0 Å². The molecule has 0 saturated heterocycles. The topological polar surface area (TPSA) is 73.6 Å². The minimum atomic E-state index is -0.230. The van der Waals surface area contributed by atoms with Crippen LogP contribution in [-0.2, 0) is 11.3 Å². The first-order valence-electron chi connectivity index (χ1n) is 6.57. The molecule has 21 heavy (non-hydrogen) atoms. The molecule has 5 heteroatoms. The van der Waals surface area contributed by atoms with Gasteiger partial charge in [-0.25, -0.2) is 0 Å². The summed E-state index contributed by atoms with van der Waals surface area (Å²) in [5.41, 5.74) is 7.21. The van der Waals surface area contributed by atoms with Crippen molar-refractivity contribution in [2.75, 3.05) is 19.0 Å². The first-order chi connectivity index (χ1) is 10.2. The normalized spacial score (nSPS) is 10.0. The molecule has 0 fully saturated rings. The smallest absolute Gasteiger partial charge is 0.262 e. The summed E-state index contributed by atoms with van der Waals surface area (Å²) in [6.45, 7) is 0.245. The molecule has 110 valence electrons. The van der Waals surface area contributed by atoms with Crippen molar-refractivity contribution >= 4 is 11.6 Å². The summed E-state index contributed by atoms with van der Waals surface area (Å²) in [7, 11) is 1.57. The minimum absolute atomic E-state index is 0.0882. The zero-order chi connectivity index (χ0) is 15.1. The molecule has 1 amide bonds. The van der Waals surface area contributed by atoms with E-state index in [-0.39, 0.29) is 12.5 Å². The number of ether oxygens (including phenoxy) is 2. The lowest BCUT2D eigenvalue weighted by Gasteiger charge is -2.12. The molecule has 0 aliphatic heterocycles. The fourth-order valence-electron chi connectivity index (χ4n) is 1.83. The molecule has 0 unspecified atom stereocenters. The molecule has 2 aromatic rings. The van der Waals surface area contributed by atoms with Gasteiger partial charge in [0.1, 0.15) is 11.5 Å². The second kappa shape index (κ2) is 7.31. The van der Waals surface area contributed by atoms with Gasteiger partial charge in [-0.05, 0) is 18.2 Å². The fourth-order valence-corrected chi connectivity index (χ4v) is 1.83. The van der Waals surface area contributed by atoms with Crippen LogP contribution < -0.4 is 20.5 Å². The van der Waals surface area contributed by atoms with Crippen molar-refractivity contribution in [3.63, 3.8) is 0 Å². The van der Waals surface area contributed by atoms with E-state index in [1.54, 1.807) is 19.2 Å². The van der Waals surface area contributed by atoms with Gasteiger partial charge in [0.25, 0.3) is 5.91 Å². The van der Waals surface area contributed by atoms with Gasteiger partial charge in [0.05, 0.1) is 7.11 Å². The summed E-state index contributed by atoms with van der Waals surface area (Å²) in [5, 5.41) is 2.75. The number of carbonyl (C=O) groups excluding carboxylic acids is 1. The third-order valence-electron chi connectivity index (χ3n) is 2.91. The van der Waals surface area contributed by atoms with Gasteiger partial charge < -0.3 is 20.5 Å². The van der Waals surface area contributed by atoms with E-state index < -0.39 is 0 Å². The van der Waals surface area contributed by atoms with Crippen molar-refractivity contribution in [2.24, 2.45) is 5.73 Å². The predicted octanol–water partition coefficient (Wildman–Crippen LogP) is 2.17. The Labute approximate surface area is 123 Å². The van der Waals surface area contributed by atoms with Gasteiger partial charge in [0.2, 0.25) is 0 Å². The molecule has 0 aliphatic rings. The molecule has 0 heterocycles. The van der Waals surface area contributed by atoms with Gasteiger partial charge in [-0.15, -0.1) is 0 Å². The van der Waals surface area contributed by atoms with Crippen molar-refractivity contribution in [1.29, 1.82) is 0 Å². The molecular weight excluding hydrogens is 268 g/mol. The Morgan fingerprint density at radius 1 is 1.19 bits per heavy atom. The van der Waals surface area contributed by atoms with Crippen molar-refractivity contribution in [3.8, 4) is 11.5 Å². The summed E-state index contributed by atoms with van der Waals surface area (Å²) in [5.74, 6) is 0.984. The number of para-hydroxylation sites is 1. The van der Waals surface area contributed by atoms with E-state index in [1.807, 2.05) is 36.4 Å². The van der Waals surface area contributed by atoms with Crippen LogP contribution in [0.1, 0.15) is 5.56 Å². The molecule has 3 N–H and O–H groups in total. The van der Waals surface area contributed by atoms with E-state index in [1.165, 1.54) is 0 Å². The summed E-state index contributed by atoms with van der Waals surface area (Å²) in [4.78, 5) is 11.8. The monoisotopic (exact) mass is 286 g/mol. The summed E-state index contributed by atoms with van der Waals surface area (Å²) in [6.07, 6.45) is 0. The Morgan fingerprint density at radius 2 is 1.95 bits per heavy atom. The average Bonchev–Trinajstić information content (AvgIpc) is 2.53. The number of hydrogen-bond acceptors (Lipinski definition) is 4. The molecule has 0 bridgehead atoms. The number of hydrogen-bond donors (Lipinski definition) is 2. The lowest BCUT2D eigenvalue weighted by molar-refractivity contribution is -0.118. The molecule has 2 aromatic carbocycles. The number of rotatable bonds is 6. The zero-order valence-corrected chi connectivity index (χ0v) is 11.8. The Balaban J connectivity index is 1.97. The van der Waals surface area contributed by atoms with E-state index in [9.17, 15) is 4.79 Å². The number of nitrogens with one attached hydrogen (secondary N) is 1. The van der Waals surface area contributed by atoms with Crippen LogP contribution in [0.25, 0.3) is 0 Å². The Hall–Kier alpha value is -2.53. The maximum absolute atomic E-state index is 11.8. The lowest BCUT2D eigenvalue weighted by Crippen LogP contribution is -2.20. The quantitative estimate of drug-likeness (QED) is 0.853. The third-order valence-corrected chi connectivity index (χ3v) is 2.91. The number of benzene rings is 2. The number of nitrogens with two attached hydrogens (primary N) is 1. The van der Waals surface area contributed by atoms with Gasteiger partial charge in [0.15, 0.2) is 6.61 Å². The summed E-state index contributed by atoms with van der Waals surface area (Å²) in [6, 6.07) is 14.6. The average molecular weight is 286 g/mol. The number of amides is 1. The van der Waals surface area contributed by atoms with Crippen molar-refractivity contribution in [1.82, 2.24) is 0 Å². The van der Waals surface area contributed by atoms with E-state index in [0.29, 0.717) is 18.0 Å². The lowest BCUT2D eigenvalue weighted by atomic mass is 10.2. The third kappa shape index (κ3) is 4.22. The Kier molecular flexibility index (Phi) is 5.17. The minimum Gasteiger partial charge on any atom is -0.497 e. The van der Waals surface area contributed by atoms with Crippen LogP contribution in [0.15, 0.2) is 48.5 Å². The van der Waals surface area contributed by atoms with Crippen LogP contribution in [0.5, 0.6) is 11.5 Å². The molecule has 0 spiro atoms. The molecular formula is C16H18N2O3. The van der Waals surface area contributed by atoms with Crippen molar-refractivity contribution < 1.29 is 14.3 Å². The molecule has 0 aromatic heterocycles. The molecule has 0 aliphatic carbocycles. The first-order valence-corrected chi connectivity index (χ1v) is 6.57. The zero-order valence-electron chi connectivity index (χ0n) is 11.8. The maximum Gasteiger partial charge on any atom is 0.262 e. The van der Waals surface area contributed by atoms with E-state index in [0.717, 1.165) is 11.3 Å². The maximum atomic E-state index is 11.8. The molecule has 0 atom stereocenters. The largest absolute Gasteiger partial charge is 0.497 e. The Bertz CT molecular complexity index is 600. The molecule has 0 radical (unpaired) electrons. The van der Waals surface area contributed by atoms with Crippen molar-refractivity contribution in [3.05, 3.63) is 54.1 Å². The summed E-state index contributed by atoms with van der Waals surface area (Å²) < 4.78 is 10.7. The second-order valence-electron chi connectivity index (χ2n) is 4.38. The predicted molar refractivity (Wildman–Crippen MR) is 81.5 cm³/mol. The number of carbonyl (C=O) groups is 1. The highest BCUT2D eigenvalue weighted by Crippen LogP contribution is 2.24. The van der Waals surface area contributed by atoms with Crippen molar-refractivity contribution in [2.45, 2.75) is 6.54 Å². The van der Waals surface area contributed by atoms with E-state index in [2.05, 4.69) is 5.32 Å². The van der Waals surface area contributed by atoms with Crippen LogP contribution in [-0.4, -0.2) is 19.6 Å². The van der Waals surface area contributed by atoms with Gasteiger partial charge >= 0.3 is 0 Å². The highest BCUT2D eigenvalue weighted by Gasteiger charge is 2.08.